The van der Waals surface area contributed by atoms with E-state index in [2.05, 4.69) is 26.0 Å². The van der Waals surface area contributed by atoms with Crippen LogP contribution in [0.3, 0.4) is 0 Å². The first-order valence-corrected chi connectivity index (χ1v) is 7.00. The zero-order valence-electron chi connectivity index (χ0n) is 10.7. The number of halogens is 1. The van der Waals surface area contributed by atoms with E-state index in [-0.39, 0.29) is 5.60 Å². The second-order valence-electron chi connectivity index (χ2n) is 4.94. The summed E-state index contributed by atoms with van der Waals surface area (Å²) in [7, 11) is 0. The first-order chi connectivity index (χ1) is 8.23. The number of benzene rings is 1. The van der Waals surface area contributed by atoms with Crippen molar-refractivity contribution in [2.75, 3.05) is 6.61 Å². The molecule has 1 unspecified atom stereocenters. The van der Waals surface area contributed by atoms with Gasteiger partial charge < -0.3 is 4.74 Å². The Labute approximate surface area is 109 Å². The summed E-state index contributed by atoms with van der Waals surface area (Å²) < 4.78 is 5.83. The van der Waals surface area contributed by atoms with Crippen LogP contribution in [-0.4, -0.2) is 6.61 Å². The Balaban J connectivity index is 2.17. The number of epoxide rings is 1. The van der Waals surface area contributed by atoms with Crippen LogP contribution >= 0.6 is 11.6 Å². The van der Waals surface area contributed by atoms with Gasteiger partial charge in [-0.2, -0.15) is 0 Å². The van der Waals surface area contributed by atoms with Gasteiger partial charge in [0.2, 0.25) is 0 Å². The lowest BCUT2D eigenvalue weighted by atomic mass is 9.81. The Morgan fingerprint density at radius 3 is 2.71 bits per heavy atom. The quantitative estimate of drug-likeness (QED) is 0.664. The van der Waals surface area contributed by atoms with Crippen molar-refractivity contribution >= 4 is 11.6 Å². The normalized spacial score (nSPS) is 24.6. The summed E-state index contributed by atoms with van der Waals surface area (Å²) in [6, 6.07) is 8.15. The van der Waals surface area contributed by atoms with Crippen molar-refractivity contribution < 1.29 is 4.74 Å². The molecule has 0 spiro atoms. The second kappa shape index (κ2) is 5.41. The van der Waals surface area contributed by atoms with E-state index >= 15 is 0 Å². The summed E-state index contributed by atoms with van der Waals surface area (Å²) in [6.45, 7) is 5.36. The minimum atomic E-state index is -0.0329. The molecule has 2 rings (SSSR count). The minimum absolute atomic E-state index is 0.0329. The fourth-order valence-electron chi connectivity index (χ4n) is 2.69. The van der Waals surface area contributed by atoms with Gasteiger partial charge in [-0.15, -0.1) is 0 Å². The summed E-state index contributed by atoms with van der Waals surface area (Å²) in [4.78, 5) is 0. The summed E-state index contributed by atoms with van der Waals surface area (Å²) in [5.41, 5.74) is 1.22. The molecule has 1 saturated heterocycles. The molecule has 0 aromatic heterocycles. The summed E-state index contributed by atoms with van der Waals surface area (Å²) in [5, 5.41) is 0.808. The molecule has 2 heteroatoms. The number of hydrogen-bond donors (Lipinski definition) is 0. The van der Waals surface area contributed by atoms with E-state index < -0.39 is 0 Å². The molecule has 1 aromatic rings. The molecule has 0 bridgehead atoms. The largest absolute Gasteiger partial charge is 0.364 e. The van der Waals surface area contributed by atoms with Crippen LogP contribution in [0, 0.1) is 5.92 Å². The molecule has 1 aliphatic heterocycles. The fourth-order valence-corrected chi connectivity index (χ4v) is 2.88. The van der Waals surface area contributed by atoms with Gasteiger partial charge in [0.05, 0.1) is 6.61 Å². The Morgan fingerprint density at radius 1 is 1.41 bits per heavy atom. The first-order valence-electron chi connectivity index (χ1n) is 6.63. The summed E-state index contributed by atoms with van der Waals surface area (Å²) >= 11 is 6.08. The molecule has 0 saturated carbocycles. The molecule has 94 valence electrons. The van der Waals surface area contributed by atoms with Gasteiger partial charge in [-0.25, -0.2) is 0 Å². The number of unbranched alkanes of at least 4 members (excludes halogenated alkanes) is 1. The fraction of sp³-hybridized carbons (Fsp3) is 0.600. The standard InChI is InChI=1S/C15H21ClO/c1-3-5-7-12(4-2)15(11-17-15)13-8-6-9-14(16)10-13/h6,8-10,12H,3-5,7,11H2,1-2H3/t12-,15?/m0/s1. The highest BCUT2D eigenvalue weighted by Crippen LogP contribution is 2.49. The van der Waals surface area contributed by atoms with Gasteiger partial charge in [0, 0.05) is 5.02 Å². The zero-order chi connectivity index (χ0) is 12.3. The van der Waals surface area contributed by atoms with Gasteiger partial charge in [0.25, 0.3) is 0 Å². The van der Waals surface area contributed by atoms with Gasteiger partial charge in [-0.05, 0) is 30.0 Å². The highest BCUT2D eigenvalue weighted by Gasteiger charge is 2.51. The lowest BCUT2D eigenvalue weighted by Gasteiger charge is -2.23. The van der Waals surface area contributed by atoms with Crippen LogP contribution in [0.4, 0.5) is 0 Å². The van der Waals surface area contributed by atoms with Crippen molar-refractivity contribution in [1.29, 1.82) is 0 Å². The summed E-state index contributed by atoms with van der Waals surface area (Å²) in [6.07, 6.45) is 4.96. The lowest BCUT2D eigenvalue weighted by molar-refractivity contribution is 0.199. The molecule has 1 aliphatic rings. The number of ether oxygens (including phenoxy) is 1. The van der Waals surface area contributed by atoms with Crippen molar-refractivity contribution in [3.8, 4) is 0 Å². The average molecular weight is 253 g/mol. The maximum Gasteiger partial charge on any atom is 0.119 e. The molecule has 0 aliphatic carbocycles. The van der Waals surface area contributed by atoms with E-state index in [0.29, 0.717) is 5.92 Å². The average Bonchev–Trinajstić information content (AvgIpc) is 3.12. The molecule has 0 amide bonds. The molecule has 2 atom stereocenters. The predicted octanol–water partition coefficient (Wildman–Crippen LogP) is 4.78. The van der Waals surface area contributed by atoms with Crippen molar-refractivity contribution in [2.24, 2.45) is 5.92 Å². The van der Waals surface area contributed by atoms with Crippen LogP contribution in [0.2, 0.25) is 5.02 Å². The minimum Gasteiger partial charge on any atom is -0.364 e. The van der Waals surface area contributed by atoms with Gasteiger partial charge in [0.15, 0.2) is 0 Å². The van der Waals surface area contributed by atoms with Crippen LogP contribution in [0.15, 0.2) is 24.3 Å². The molecule has 0 radical (unpaired) electrons. The van der Waals surface area contributed by atoms with Gasteiger partial charge in [-0.3, -0.25) is 0 Å². The topological polar surface area (TPSA) is 12.5 Å². The van der Waals surface area contributed by atoms with Gasteiger partial charge >= 0.3 is 0 Å². The van der Waals surface area contributed by atoms with Crippen molar-refractivity contribution in [3.05, 3.63) is 34.9 Å². The van der Waals surface area contributed by atoms with E-state index in [4.69, 9.17) is 16.3 Å². The van der Waals surface area contributed by atoms with E-state index in [9.17, 15) is 0 Å². The molecular formula is C15H21ClO. The molecule has 0 N–H and O–H groups in total. The van der Waals surface area contributed by atoms with Gasteiger partial charge in [0.1, 0.15) is 5.60 Å². The first kappa shape index (κ1) is 12.9. The molecule has 1 nitrogen and oxygen atoms in total. The number of hydrogen-bond acceptors (Lipinski definition) is 1. The molecule has 17 heavy (non-hydrogen) atoms. The van der Waals surface area contributed by atoms with Crippen molar-refractivity contribution in [2.45, 2.75) is 45.1 Å². The third-order valence-corrected chi connectivity index (χ3v) is 4.06. The monoisotopic (exact) mass is 252 g/mol. The van der Waals surface area contributed by atoms with Crippen LogP contribution < -0.4 is 0 Å². The smallest absolute Gasteiger partial charge is 0.119 e. The van der Waals surface area contributed by atoms with Crippen molar-refractivity contribution in [1.82, 2.24) is 0 Å². The number of rotatable bonds is 6. The highest BCUT2D eigenvalue weighted by molar-refractivity contribution is 6.30. The zero-order valence-corrected chi connectivity index (χ0v) is 11.5. The van der Waals surface area contributed by atoms with Gasteiger partial charge in [-0.1, -0.05) is 56.8 Å². The maximum atomic E-state index is 6.08. The van der Waals surface area contributed by atoms with E-state index in [1.165, 1.54) is 31.2 Å². The van der Waals surface area contributed by atoms with Crippen LogP contribution in [0.5, 0.6) is 0 Å². The second-order valence-corrected chi connectivity index (χ2v) is 5.37. The lowest BCUT2D eigenvalue weighted by Crippen LogP contribution is -2.21. The van der Waals surface area contributed by atoms with Crippen LogP contribution in [0.1, 0.15) is 45.1 Å². The Kier molecular flexibility index (Phi) is 4.11. The van der Waals surface area contributed by atoms with E-state index in [1.54, 1.807) is 0 Å². The Bertz CT molecular complexity index is 371. The molecule has 1 fully saturated rings. The molecule has 1 aromatic carbocycles. The Morgan fingerprint density at radius 2 is 2.18 bits per heavy atom. The van der Waals surface area contributed by atoms with Crippen molar-refractivity contribution in [3.63, 3.8) is 0 Å². The maximum absolute atomic E-state index is 6.08. The highest BCUT2D eigenvalue weighted by atomic mass is 35.5. The van der Waals surface area contributed by atoms with E-state index in [0.717, 1.165) is 11.6 Å². The third kappa shape index (κ3) is 2.66. The summed E-state index contributed by atoms with van der Waals surface area (Å²) in [5.74, 6) is 0.626. The van der Waals surface area contributed by atoms with E-state index in [1.807, 2.05) is 12.1 Å². The molecular weight excluding hydrogens is 232 g/mol. The van der Waals surface area contributed by atoms with Crippen LogP contribution in [0.25, 0.3) is 0 Å². The SMILES string of the molecule is CCCC[C@H](CC)C1(c2cccc(Cl)c2)CO1. The van der Waals surface area contributed by atoms with Crippen LogP contribution in [-0.2, 0) is 10.3 Å². The molecule has 1 heterocycles. The Hall–Kier alpha value is -0.530. The third-order valence-electron chi connectivity index (χ3n) is 3.83. The predicted molar refractivity (Wildman–Crippen MR) is 72.4 cm³/mol.